The molecule has 0 saturated carbocycles. The summed E-state index contributed by atoms with van der Waals surface area (Å²) in [6.45, 7) is 4.44. The van der Waals surface area contributed by atoms with Crippen molar-refractivity contribution in [2.24, 2.45) is 5.92 Å². The van der Waals surface area contributed by atoms with Crippen molar-refractivity contribution in [3.63, 3.8) is 0 Å². The predicted molar refractivity (Wildman–Crippen MR) is 64.7 cm³/mol. The Kier molecular flexibility index (Phi) is 2.58. The van der Waals surface area contributed by atoms with Crippen LogP contribution in [-0.4, -0.2) is 4.98 Å². The fourth-order valence-electron chi connectivity index (χ4n) is 1.84. The maximum absolute atomic E-state index is 5.84. The Balaban J connectivity index is 2.50. The molecule has 2 N–H and O–H groups in total. The molecule has 0 radical (unpaired) electrons. The molecule has 0 saturated heterocycles. The topological polar surface area (TPSA) is 38.9 Å². The molecular weight excluding hydrogens is 184 g/mol. The molecule has 0 aliphatic carbocycles. The van der Waals surface area contributed by atoms with Crippen molar-refractivity contribution in [2.75, 3.05) is 5.73 Å². The second-order valence-electron chi connectivity index (χ2n) is 4.35. The van der Waals surface area contributed by atoms with Crippen LogP contribution in [0.15, 0.2) is 30.5 Å². The van der Waals surface area contributed by atoms with Crippen LogP contribution in [0.3, 0.4) is 0 Å². The number of benzene rings is 1. The molecule has 78 valence electrons. The third-order valence-electron chi connectivity index (χ3n) is 2.51. The minimum Gasteiger partial charge on any atom is -0.383 e. The van der Waals surface area contributed by atoms with Crippen molar-refractivity contribution in [3.8, 4) is 0 Å². The number of hydrogen-bond acceptors (Lipinski definition) is 2. The smallest absolute Gasteiger partial charge is 0.131 e. The van der Waals surface area contributed by atoms with Gasteiger partial charge in [-0.05, 0) is 35.4 Å². The Morgan fingerprint density at radius 2 is 2.07 bits per heavy atom. The van der Waals surface area contributed by atoms with Crippen molar-refractivity contribution >= 4 is 16.6 Å². The number of fused-ring (bicyclic) bond motifs is 1. The van der Waals surface area contributed by atoms with Gasteiger partial charge < -0.3 is 5.73 Å². The van der Waals surface area contributed by atoms with Crippen LogP contribution in [0.1, 0.15) is 19.4 Å². The van der Waals surface area contributed by atoms with Crippen molar-refractivity contribution < 1.29 is 0 Å². The summed E-state index contributed by atoms with van der Waals surface area (Å²) in [5.74, 6) is 1.29. The molecular formula is C13H16N2. The number of nitrogens with zero attached hydrogens (tertiary/aromatic N) is 1. The second-order valence-corrected chi connectivity index (χ2v) is 4.35. The van der Waals surface area contributed by atoms with Crippen LogP contribution in [-0.2, 0) is 6.42 Å². The first-order valence-corrected chi connectivity index (χ1v) is 5.30. The van der Waals surface area contributed by atoms with Gasteiger partial charge in [-0.3, -0.25) is 0 Å². The summed E-state index contributed by atoms with van der Waals surface area (Å²) in [6, 6.07) is 8.43. The highest BCUT2D eigenvalue weighted by molar-refractivity contribution is 5.91. The number of aromatic nitrogens is 1. The van der Waals surface area contributed by atoms with E-state index in [2.05, 4.69) is 37.0 Å². The molecule has 2 nitrogen and oxygen atoms in total. The maximum Gasteiger partial charge on any atom is 0.131 e. The van der Waals surface area contributed by atoms with Gasteiger partial charge in [0.05, 0.1) is 0 Å². The van der Waals surface area contributed by atoms with Crippen LogP contribution in [0.4, 0.5) is 5.82 Å². The molecule has 1 aromatic carbocycles. The number of nitrogens with two attached hydrogens (primary N) is 1. The Morgan fingerprint density at radius 3 is 2.80 bits per heavy atom. The van der Waals surface area contributed by atoms with Gasteiger partial charge in [0.2, 0.25) is 0 Å². The first-order chi connectivity index (χ1) is 7.16. The molecule has 0 aliphatic heterocycles. The summed E-state index contributed by atoms with van der Waals surface area (Å²) >= 11 is 0. The van der Waals surface area contributed by atoms with Crippen LogP contribution < -0.4 is 5.73 Å². The zero-order chi connectivity index (χ0) is 10.8. The van der Waals surface area contributed by atoms with E-state index in [9.17, 15) is 0 Å². The first-order valence-electron chi connectivity index (χ1n) is 5.30. The molecule has 0 atom stereocenters. The Hall–Kier alpha value is -1.57. The van der Waals surface area contributed by atoms with Crippen LogP contribution in [0.2, 0.25) is 0 Å². The third-order valence-corrected chi connectivity index (χ3v) is 2.51. The average molecular weight is 200 g/mol. The fraction of sp³-hybridized carbons (Fsp3) is 0.308. The van der Waals surface area contributed by atoms with E-state index in [1.54, 1.807) is 6.20 Å². The fourth-order valence-corrected chi connectivity index (χ4v) is 1.84. The molecule has 0 unspecified atom stereocenters. The van der Waals surface area contributed by atoms with Crippen LogP contribution in [0.5, 0.6) is 0 Å². The Labute approximate surface area is 90.1 Å². The predicted octanol–water partition coefficient (Wildman–Crippen LogP) is 3.02. The van der Waals surface area contributed by atoms with Crippen molar-refractivity contribution in [2.45, 2.75) is 20.3 Å². The minimum absolute atomic E-state index is 0.623. The Morgan fingerprint density at radius 1 is 1.27 bits per heavy atom. The van der Waals surface area contributed by atoms with E-state index in [-0.39, 0.29) is 0 Å². The molecule has 1 aromatic heterocycles. The average Bonchev–Trinajstić information content (AvgIpc) is 2.18. The van der Waals surface area contributed by atoms with Crippen LogP contribution in [0, 0.1) is 5.92 Å². The lowest BCUT2D eigenvalue weighted by atomic mass is 10.0. The summed E-state index contributed by atoms with van der Waals surface area (Å²) in [7, 11) is 0. The van der Waals surface area contributed by atoms with Gasteiger partial charge in [-0.25, -0.2) is 4.98 Å². The molecule has 15 heavy (non-hydrogen) atoms. The van der Waals surface area contributed by atoms with Gasteiger partial charge in [0.25, 0.3) is 0 Å². The normalized spacial score (nSPS) is 11.1. The lowest BCUT2D eigenvalue weighted by Crippen LogP contribution is -1.95. The molecule has 0 fully saturated rings. The zero-order valence-electron chi connectivity index (χ0n) is 9.20. The molecule has 0 spiro atoms. The van der Waals surface area contributed by atoms with Crippen molar-refractivity contribution in [1.82, 2.24) is 4.98 Å². The van der Waals surface area contributed by atoms with E-state index in [0.717, 1.165) is 17.2 Å². The quantitative estimate of drug-likeness (QED) is 0.809. The van der Waals surface area contributed by atoms with E-state index < -0.39 is 0 Å². The van der Waals surface area contributed by atoms with E-state index in [1.165, 1.54) is 5.56 Å². The minimum atomic E-state index is 0.623. The lowest BCUT2D eigenvalue weighted by Gasteiger charge is -2.07. The van der Waals surface area contributed by atoms with Gasteiger partial charge in [-0.15, -0.1) is 0 Å². The summed E-state index contributed by atoms with van der Waals surface area (Å²) in [5, 5.41) is 2.23. The van der Waals surface area contributed by atoms with Gasteiger partial charge in [-0.1, -0.05) is 26.0 Å². The molecule has 1 heterocycles. The number of nitrogen functional groups attached to an aromatic ring is 1. The van der Waals surface area contributed by atoms with Crippen LogP contribution >= 0.6 is 0 Å². The standard InChI is InChI=1S/C13H16N2/c1-9(2)7-10-3-4-11-5-6-15-13(14)12(11)8-10/h3-6,8-9H,7H2,1-2H3,(H2,14,15). The molecule has 0 aliphatic rings. The van der Waals surface area contributed by atoms with Gasteiger partial charge in [0.1, 0.15) is 5.82 Å². The summed E-state index contributed by atoms with van der Waals surface area (Å²) < 4.78 is 0. The monoisotopic (exact) mass is 200 g/mol. The highest BCUT2D eigenvalue weighted by Gasteiger charge is 2.02. The SMILES string of the molecule is CC(C)Cc1ccc2ccnc(N)c2c1. The highest BCUT2D eigenvalue weighted by atomic mass is 14.8. The molecule has 0 bridgehead atoms. The number of anilines is 1. The third kappa shape index (κ3) is 2.09. The summed E-state index contributed by atoms with van der Waals surface area (Å²) in [4.78, 5) is 4.11. The molecule has 2 heteroatoms. The van der Waals surface area contributed by atoms with E-state index in [1.807, 2.05) is 6.07 Å². The van der Waals surface area contributed by atoms with Gasteiger partial charge in [0, 0.05) is 11.6 Å². The highest BCUT2D eigenvalue weighted by Crippen LogP contribution is 2.21. The van der Waals surface area contributed by atoms with Gasteiger partial charge in [0.15, 0.2) is 0 Å². The zero-order valence-corrected chi connectivity index (χ0v) is 9.20. The molecule has 2 rings (SSSR count). The number of hydrogen-bond donors (Lipinski definition) is 1. The molecule has 0 amide bonds. The van der Waals surface area contributed by atoms with Gasteiger partial charge >= 0.3 is 0 Å². The van der Waals surface area contributed by atoms with Crippen molar-refractivity contribution in [3.05, 3.63) is 36.0 Å². The summed E-state index contributed by atoms with van der Waals surface area (Å²) in [6.07, 6.45) is 2.84. The maximum atomic E-state index is 5.84. The Bertz CT molecular complexity index is 475. The number of pyridine rings is 1. The van der Waals surface area contributed by atoms with E-state index in [0.29, 0.717) is 11.7 Å². The molecule has 2 aromatic rings. The van der Waals surface area contributed by atoms with Gasteiger partial charge in [-0.2, -0.15) is 0 Å². The first kappa shape index (κ1) is 9.97. The van der Waals surface area contributed by atoms with E-state index in [4.69, 9.17) is 5.73 Å². The van der Waals surface area contributed by atoms with E-state index >= 15 is 0 Å². The number of rotatable bonds is 2. The summed E-state index contributed by atoms with van der Waals surface area (Å²) in [5.41, 5.74) is 7.18. The largest absolute Gasteiger partial charge is 0.383 e. The lowest BCUT2D eigenvalue weighted by molar-refractivity contribution is 0.648. The van der Waals surface area contributed by atoms with Crippen molar-refractivity contribution in [1.29, 1.82) is 0 Å². The van der Waals surface area contributed by atoms with Crippen LogP contribution in [0.25, 0.3) is 10.8 Å². The second kappa shape index (κ2) is 3.89.